The number of hydrogen-bond acceptors (Lipinski definition) is 2. The van der Waals surface area contributed by atoms with Gasteiger partial charge in [-0.15, -0.1) is 0 Å². The van der Waals surface area contributed by atoms with Crippen LogP contribution in [0.5, 0.6) is 0 Å². The molecule has 0 N–H and O–H groups in total. The third-order valence-electron chi connectivity index (χ3n) is 12.0. The van der Waals surface area contributed by atoms with Crippen LogP contribution in [0.1, 0.15) is 67.7 Å². The van der Waals surface area contributed by atoms with E-state index in [4.69, 9.17) is 4.42 Å². The van der Waals surface area contributed by atoms with Crippen molar-refractivity contribution < 1.29 is 4.42 Å². The van der Waals surface area contributed by atoms with Gasteiger partial charge in [0.15, 0.2) is 0 Å². The van der Waals surface area contributed by atoms with Gasteiger partial charge in [-0.25, -0.2) is 0 Å². The van der Waals surface area contributed by atoms with E-state index in [1.165, 1.54) is 46.4 Å². The van der Waals surface area contributed by atoms with Crippen LogP contribution in [0.15, 0.2) is 162 Å². The van der Waals surface area contributed by atoms with E-state index in [9.17, 15) is 0 Å². The molecule has 6 aromatic rings. The van der Waals surface area contributed by atoms with Crippen molar-refractivity contribution in [2.75, 3.05) is 4.90 Å². The fraction of sp³-hybridized carbons (Fsp3) is 0.208. The molecule has 2 nitrogen and oxygen atoms in total. The summed E-state index contributed by atoms with van der Waals surface area (Å²) in [6.07, 6.45) is 21.9. The van der Waals surface area contributed by atoms with E-state index in [0.717, 1.165) is 52.6 Å². The highest BCUT2D eigenvalue weighted by Gasteiger charge is 2.51. The third kappa shape index (κ3) is 5.17. The number of furan rings is 1. The van der Waals surface area contributed by atoms with Crippen LogP contribution in [-0.2, 0) is 11.8 Å². The van der Waals surface area contributed by atoms with Crippen LogP contribution >= 0.6 is 0 Å². The summed E-state index contributed by atoms with van der Waals surface area (Å²) in [5.74, 6) is 0.368. The van der Waals surface area contributed by atoms with Crippen LogP contribution in [0.3, 0.4) is 0 Å². The van der Waals surface area contributed by atoms with Gasteiger partial charge >= 0.3 is 0 Å². The van der Waals surface area contributed by atoms with Gasteiger partial charge in [-0.2, -0.15) is 0 Å². The molecule has 1 aromatic heterocycles. The summed E-state index contributed by atoms with van der Waals surface area (Å²) in [7, 11) is 0. The Bertz CT molecular complexity index is 2330. The van der Waals surface area contributed by atoms with Gasteiger partial charge in [-0.3, -0.25) is 0 Å². The summed E-state index contributed by atoms with van der Waals surface area (Å²) in [5, 5.41) is 2.28. The Morgan fingerprint density at radius 2 is 1.46 bits per heavy atom. The molecule has 1 spiro atoms. The SMILES string of the molecule is CC1(C)c2cc(N(c3ccc(C4=C/C=C\CC(c5ccccc5)C=C4)cc3)c3ccc4oc5ccccc5c4c3)ccc2CC12CC=CCC2. The van der Waals surface area contributed by atoms with Gasteiger partial charge in [-0.05, 0) is 119 Å². The van der Waals surface area contributed by atoms with Gasteiger partial charge < -0.3 is 9.32 Å². The number of rotatable bonds is 5. The second-order valence-corrected chi connectivity index (χ2v) is 15.0. The summed E-state index contributed by atoms with van der Waals surface area (Å²) in [5.41, 5.74) is 12.5. The summed E-state index contributed by atoms with van der Waals surface area (Å²) in [6.45, 7) is 4.97. The van der Waals surface area contributed by atoms with E-state index in [2.05, 4.69) is 170 Å². The van der Waals surface area contributed by atoms with E-state index in [1.54, 1.807) is 0 Å². The molecule has 0 aliphatic heterocycles. The van der Waals surface area contributed by atoms with Crippen LogP contribution in [0.2, 0.25) is 0 Å². The molecule has 0 radical (unpaired) electrons. The summed E-state index contributed by atoms with van der Waals surface area (Å²) in [6, 6.07) is 42.2. The lowest BCUT2D eigenvalue weighted by Gasteiger charge is -2.43. The number of hydrogen-bond donors (Lipinski definition) is 0. The van der Waals surface area contributed by atoms with Crippen molar-refractivity contribution in [3.8, 4) is 0 Å². The topological polar surface area (TPSA) is 16.4 Å². The Balaban J connectivity index is 1.13. The first-order valence-electron chi connectivity index (χ1n) is 18.2. The highest BCUT2D eigenvalue weighted by atomic mass is 16.3. The first-order chi connectivity index (χ1) is 24.5. The molecule has 2 atom stereocenters. The molecule has 3 aliphatic carbocycles. The average molecular weight is 650 g/mol. The van der Waals surface area contributed by atoms with E-state index in [0.29, 0.717) is 5.92 Å². The average Bonchev–Trinajstić information content (AvgIpc) is 3.61. The highest BCUT2D eigenvalue weighted by molar-refractivity contribution is 6.06. The van der Waals surface area contributed by atoms with Crippen LogP contribution in [0, 0.1) is 5.41 Å². The summed E-state index contributed by atoms with van der Waals surface area (Å²) < 4.78 is 6.25. The fourth-order valence-corrected chi connectivity index (χ4v) is 8.92. The van der Waals surface area contributed by atoms with Gasteiger partial charge in [0.1, 0.15) is 11.2 Å². The number of para-hydroxylation sites is 1. The Morgan fingerprint density at radius 3 is 2.30 bits per heavy atom. The van der Waals surface area contributed by atoms with Gasteiger partial charge in [0, 0.05) is 33.8 Å². The van der Waals surface area contributed by atoms with Crippen molar-refractivity contribution in [1.29, 1.82) is 0 Å². The Hall–Kier alpha value is -5.34. The number of benzene rings is 5. The number of allylic oxidation sites excluding steroid dienone is 8. The Kier molecular flexibility index (Phi) is 7.50. The van der Waals surface area contributed by atoms with Crippen molar-refractivity contribution in [1.82, 2.24) is 0 Å². The third-order valence-corrected chi connectivity index (χ3v) is 12.0. The summed E-state index contributed by atoms with van der Waals surface area (Å²) in [4.78, 5) is 2.43. The molecule has 0 saturated heterocycles. The molecule has 246 valence electrons. The van der Waals surface area contributed by atoms with Crippen molar-refractivity contribution in [2.24, 2.45) is 5.41 Å². The molecule has 1 heterocycles. The minimum absolute atomic E-state index is 0.0888. The molecule has 3 aliphatic rings. The molecular formula is C48H43NO. The monoisotopic (exact) mass is 649 g/mol. The first kappa shape index (κ1) is 30.7. The molecule has 0 fully saturated rings. The maximum absolute atomic E-state index is 6.25. The molecule has 50 heavy (non-hydrogen) atoms. The van der Waals surface area contributed by atoms with Crippen LogP contribution in [-0.4, -0.2) is 0 Å². The molecule has 9 rings (SSSR count). The molecular weight excluding hydrogens is 607 g/mol. The van der Waals surface area contributed by atoms with Gasteiger partial charge in [0.2, 0.25) is 0 Å². The standard InChI is InChI=1S/C48H43NO/c1-47(2)44-32-41(26-23-38(44)33-48(47)29-11-4-12-30-48)49(40-27-28-46-43(31-40)42-17-9-10-18-45(42)50-46)39-24-21-37(22-25-39)36-16-8-7-15-35(19-20-36)34-13-5-3-6-14-34/h3-11,13-14,16-28,31-32,35H,12,15,29-30,33H2,1-2H3/b8-7-,20-19?,36-16?. The smallest absolute Gasteiger partial charge is 0.135 e. The molecule has 2 heteroatoms. The predicted molar refractivity (Wildman–Crippen MR) is 211 cm³/mol. The molecule has 0 amide bonds. The normalized spacial score (nSPS) is 21.6. The van der Waals surface area contributed by atoms with Crippen molar-refractivity contribution in [2.45, 2.75) is 57.3 Å². The molecule has 0 bridgehead atoms. The zero-order valence-corrected chi connectivity index (χ0v) is 29.0. The van der Waals surface area contributed by atoms with Gasteiger partial charge in [0.05, 0.1) is 0 Å². The maximum Gasteiger partial charge on any atom is 0.135 e. The lowest BCUT2D eigenvalue weighted by molar-refractivity contribution is 0.150. The minimum atomic E-state index is 0.0888. The van der Waals surface area contributed by atoms with Crippen molar-refractivity contribution in [3.63, 3.8) is 0 Å². The van der Waals surface area contributed by atoms with Crippen LogP contribution in [0.25, 0.3) is 27.5 Å². The van der Waals surface area contributed by atoms with Crippen molar-refractivity contribution in [3.05, 3.63) is 180 Å². The number of anilines is 3. The zero-order chi connectivity index (χ0) is 33.7. The quantitative estimate of drug-likeness (QED) is 0.173. The van der Waals surface area contributed by atoms with Gasteiger partial charge in [-0.1, -0.05) is 123 Å². The minimum Gasteiger partial charge on any atom is -0.456 e. The number of nitrogens with zero attached hydrogens (tertiary/aromatic N) is 1. The van der Waals surface area contributed by atoms with E-state index >= 15 is 0 Å². The number of fused-ring (bicyclic) bond motifs is 4. The van der Waals surface area contributed by atoms with E-state index < -0.39 is 0 Å². The predicted octanol–water partition coefficient (Wildman–Crippen LogP) is 13.3. The highest BCUT2D eigenvalue weighted by Crippen LogP contribution is 2.58. The fourth-order valence-electron chi connectivity index (χ4n) is 8.92. The lowest BCUT2D eigenvalue weighted by Crippen LogP contribution is -2.38. The second kappa shape index (κ2) is 12.2. The second-order valence-electron chi connectivity index (χ2n) is 15.0. The largest absolute Gasteiger partial charge is 0.456 e. The first-order valence-corrected chi connectivity index (χ1v) is 18.2. The molecule has 0 saturated carbocycles. The molecule has 2 unspecified atom stereocenters. The van der Waals surface area contributed by atoms with Crippen LogP contribution < -0.4 is 4.90 Å². The Labute approximate surface area is 295 Å². The van der Waals surface area contributed by atoms with E-state index in [-0.39, 0.29) is 10.8 Å². The lowest BCUT2D eigenvalue weighted by atomic mass is 9.60. The van der Waals surface area contributed by atoms with Gasteiger partial charge in [0.25, 0.3) is 0 Å². The van der Waals surface area contributed by atoms with Crippen LogP contribution in [0.4, 0.5) is 17.1 Å². The maximum atomic E-state index is 6.25. The molecule has 5 aromatic carbocycles. The Morgan fingerprint density at radius 1 is 0.700 bits per heavy atom. The van der Waals surface area contributed by atoms with Crippen molar-refractivity contribution >= 4 is 44.6 Å². The zero-order valence-electron chi connectivity index (χ0n) is 29.0. The summed E-state index contributed by atoms with van der Waals surface area (Å²) >= 11 is 0. The van der Waals surface area contributed by atoms with E-state index in [1.807, 2.05) is 6.07 Å².